The first kappa shape index (κ1) is 19.9. The Labute approximate surface area is 186 Å². The molecule has 4 unspecified atom stereocenters. The van der Waals surface area contributed by atoms with Crippen LogP contribution in [-0.2, 0) is 14.3 Å². The number of anilines is 1. The predicted octanol–water partition coefficient (Wildman–Crippen LogP) is 4.77. The van der Waals surface area contributed by atoms with Crippen LogP contribution < -0.4 is 4.90 Å². The lowest BCUT2D eigenvalue weighted by molar-refractivity contribution is -0.131. The zero-order chi connectivity index (χ0) is 21.2. The lowest BCUT2D eigenvalue weighted by Crippen LogP contribution is -2.41. The van der Waals surface area contributed by atoms with E-state index < -0.39 is 17.8 Å². The van der Waals surface area contributed by atoms with Gasteiger partial charge in [-0.1, -0.05) is 34.1 Å². The Morgan fingerprint density at radius 1 is 1.23 bits per heavy atom. The number of aromatic nitrogens is 1. The molecule has 0 bridgehead atoms. The zero-order valence-electron chi connectivity index (χ0n) is 16.5. The summed E-state index contributed by atoms with van der Waals surface area (Å²) in [5.74, 6) is -1.26. The highest BCUT2D eigenvalue weighted by Gasteiger charge is 2.54. The summed E-state index contributed by atoms with van der Waals surface area (Å²) >= 11 is 4.99. The number of ketones is 1. The first-order chi connectivity index (χ1) is 14.4. The fraction of sp³-hybridized carbons (Fsp3) is 0.409. The first-order valence-electron chi connectivity index (χ1n) is 9.98. The molecule has 1 amide bonds. The second-order valence-corrected chi connectivity index (χ2v) is 10.5. The summed E-state index contributed by atoms with van der Waals surface area (Å²) in [5.41, 5.74) is 1.35. The standard InChI is InChI=1S/C22H20BrFN2O3S/c1-10-11(2)30-22(25-10)26-18(13-5-3-4-6-15(13)24)17-19(27)14-9-12(23)7-8-16(14)29-20(17)21(26)28/h3-6,12,14,16,18H,7-9H2,1-2H3. The third kappa shape index (κ3) is 2.95. The van der Waals surface area contributed by atoms with Crippen molar-refractivity contribution in [3.63, 3.8) is 0 Å². The SMILES string of the molecule is Cc1nc(N2C(=O)C3=C(C(=O)C4CC(Br)CCC4O3)C2c2ccccc2F)sc1C. The normalized spacial score (nSPS) is 28.5. The number of Topliss-reactive ketones (excluding diaryl/α,β-unsaturated/α-hetero) is 1. The molecular formula is C22H20BrFN2O3S. The van der Waals surface area contributed by atoms with E-state index in [1.807, 2.05) is 13.8 Å². The summed E-state index contributed by atoms with van der Waals surface area (Å²) in [4.78, 5) is 34.2. The first-order valence-corrected chi connectivity index (χ1v) is 11.7. The maximum absolute atomic E-state index is 14.9. The van der Waals surface area contributed by atoms with Gasteiger partial charge in [0.1, 0.15) is 18.0 Å². The van der Waals surface area contributed by atoms with E-state index in [1.165, 1.54) is 22.3 Å². The number of aryl methyl sites for hydroxylation is 2. The van der Waals surface area contributed by atoms with Crippen LogP contribution in [0.15, 0.2) is 35.6 Å². The molecule has 8 heteroatoms. The topological polar surface area (TPSA) is 59.5 Å². The molecule has 2 aromatic rings. The number of ether oxygens (including phenoxy) is 1. The molecule has 0 spiro atoms. The third-order valence-corrected chi connectivity index (χ3v) is 8.11. The van der Waals surface area contributed by atoms with E-state index in [1.54, 1.807) is 18.2 Å². The Morgan fingerprint density at radius 3 is 2.70 bits per heavy atom. The van der Waals surface area contributed by atoms with Crippen LogP contribution >= 0.6 is 27.3 Å². The van der Waals surface area contributed by atoms with Crippen LogP contribution in [-0.4, -0.2) is 27.6 Å². The maximum Gasteiger partial charge on any atom is 0.296 e. The zero-order valence-corrected chi connectivity index (χ0v) is 18.9. The molecule has 1 fully saturated rings. The molecule has 3 aliphatic rings. The van der Waals surface area contributed by atoms with Gasteiger partial charge in [-0.05, 0) is 39.2 Å². The smallest absolute Gasteiger partial charge is 0.296 e. The molecule has 5 rings (SSSR count). The number of hydrogen-bond donors (Lipinski definition) is 0. The van der Waals surface area contributed by atoms with Crippen molar-refractivity contribution in [2.24, 2.45) is 5.92 Å². The van der Waals surface area contributed by atoms with Crippen molar-refractivity contribution in [3.05, 3.63) is 57.5 Å². The average molecular weight is 491 g/mol. The minimum absolute atomic E-state index is 0.0630. The summed E-state index contributed by atoms with van der Waals surface area (Å²) in [5, 5.41) is 0.454. The number of hydrogen-bond acceptors (Lipinski definition) is 5. The summed E-state index contributed by atoms with van der Waals surface area (Å²) < 4.78 is 21.0. The molecule has 1 aromatic carbocycles. The Balaban J connectivity index is 1.67. The fourth-order valence-electron chi connectivity index (χ4n) is 4.56. The van der Waals surface area contributed by atoms with Crippen LogP contribution in [0.4, 0.5) is 9.52 Å². The van der Waals surface area contributed by atoms with Gasteiger partial charge in [0.25, 0.3) is 5.91 Å². The van der Waals surface area contributed by atoms with Gasteiger partial charge >= 0.3 is 0 Å². The largest absolute Gasteiger partial charge is 0.483 e. The molecule has 5 nitrogen and oxygen atoms in total. The van der Waals surface area contributed by atoms with Gasteiger partial charge in [0.2, 0.25) is 0 Å². The minimum atomic E-state index is -0.872. The maximum atomic E-state index is 14.9. The second kappa shape index (κ2) is 7.27. The van der Waals surface area contributed by atoms with Gasteiger partial charge in [-0.15, -0.1) is 11.3 Å². The van der Waals surface area contributed by atoms with Crippen LogP contribution in [0.25, 0.3) is 0 Å². The fourth-order valence-corrected chi connectivity index (χ4v) is 6.17. The minimum Gasteiger partial charge on any atom is -0.483 e. The molecule has 1 saturated carbocycles. The molecule has 0 N–H and O–H groups in total. The Bertz CT molecular complexity index is 1080. The van der Waals surface area contributed by atoms with Crippen LogP contribution in [0, 0.1) is 25.6 Å². The van der Waals surface area contributed by atoms with Crippen molar-refractivity contribution in [2.75, 3.05) is 4.90 Å². The van der Waals surface area contributed by atoms with Crippen molar-refractivity contribution in [1.82, 2.24) is 4.98 Å². The molecule has 156 valence electrons. The molecule has 3 heterocycles. The van der Waals surface area contributed by atoms with Gasteiger partial charge in [-0.25, -0.2) is 9.37 Å². The molecule has 1 aromatic heterocycles. The van der Waals surface area contributed by atoms with E-state index in [0.717, 1.165) is 17.0 Å². The number of carbonyl (C=O) groups excluding carboxylic acids is 2. The number of benzene rings is 1. The highest BCUT2D eigenvalue weighted by atomic mass is 79.9. The van der Waals surface area contributed by atoms with Crippen molar-refractivity contribution < 1.29 is 18.7 Å². The number of alkyl halides is 1. The highest BCUT2D eigenvalue weighted by Crippen LogP contribution is 2.49. The number of thiazole rings is 1. The van der Waals surface area contributed by atoms with Crippen LogP contribution in [0.2, 0.25) is 0 Å². The Kier molecular flexibility index (Phi) is 4.82. The Morgan fingerprint density at radius 2 is 2.00 bits per heavy atom. The molecule has 2 aliphatic heterocycles. The molecule has 0 saturated heterocycles. The van der Waals surface area contributed by atoms with Crippen molar-refractivity contribution in [2.45, 2.75) is 50.1 Å². The summed E-state index contributed by atoms with van der Waals surface area (Å²) in [6.07, 6.45) is 1.93. The number of rotatable bonds is 2. The summed E-state index contributed by atoms with van der Waals surface area (Å²) in [6, 6.07) is 5.41. The van der Waals surface area contributed by atoms with Crippen LogP contribution in [0.5, 0.6) is 0 Å². The lowest BCUT2D eigenvalue weighted by Gasteiger charge is -2.37. The monoisotopic (exact) mass is 490 g/mol. The van der Waals surface area contributed by atoms with E-state index in [-0.39, 0.29) is 39.5 Å². The second-order valence-electron chi connectivity index (χ2n) is 8.02. The van der Waals surface area contributed by atoms with Gasteiger partial charge in [-0.3, -0.25) is 14.5 Å². The summed E-state index contributed by atoms with van der Waals surface area (Å²) in [7, 11) is 0. The molecule has 30 heavy (non-hydrogen) atoms. The van der Waals surface area contributed by atoms with Crippen LogP contribution in [0.1, 0.15) is 41.4 Å². The van der Waals surface area contributed by atoms with Gasteiger partial charge < -0.3 is 4.74 Å². The van der Waals surface area contributed by atoms with Crippen molar-refractivity contribution >= 4 is 44.1 Å². The van der Waals surface area contributed by atoms with E-state index in [9.17, 15) is 14.0 Å². The van der Waals surface area contributed by atoms with E-state index in [0.29, 0.717) is 18.0 Å². The molecule has 4 atom stereocenters. The van der Waals surface area contributed by atoms with Crippen LogP contribution in [0.3, 0.4) is 0 Å². The third-order valence-electron chi connectivity index (χ3n) is 6.21. The predicted molar refractivity (Wildman–Crippen MR) is 115 cm³/mol. The average Bonchev–Trinajstić information content (AvgIpc) is 3.19. The van der Waals surface area contributed by atoms with Crippen molar-refractivity contribution in [3.8, 4) is 0 Å². The number of carbonyl (C=O) groups is 2. The van der Waals surface area contributed by atoms with E-state index >= 15 is 0 Å². The Hall–Kier alpha value is -2.06. The summed E-state index contributed by atoms with van der Waals surface area (Å²) in [6.45, 7) is 3.79. The number of fused-ring (bicyclic) bond motifs is 1. The van der Waals surface area contributed by atoms with Gasteiger partial charge in [0, 0.05) is 15.3 Å². The van der Waals surface area contributed by atoms with Crippen molar-refractivity contribution in [1.29, 1.82) is 0 Å². The van der Waals surface area contributed by atoms with E-state index in [4.69, 9.17) is 4.74 Å². The highest BCUT2D eigenvalue weighted by molar-refractivity contribution is 9.09. The number of nitrogens with zero attached hydrogens (tertiary/aromatic N) is 2. The quantitative estimate of drug-likeness (QED) is 0.568. The van der Waals surface area contributed by atoms with Gasteiger partial charge in [0.15, 0.2) is 16.7 Å². The number of amides is 1. The molecular weight excluding hydrogens is 471 g/mol. The van der Waals surface area contributed by atoms with E-state index in [2.05, 4.69) is 20.9 Å². The molecule has 0 radical (unpaired) electrons. The van der Waals surface area contributed by atoms with Gasteiger partial charge in [0.05, 0.1) is 17.2 Å². The lowest BCUT2D eigenvalue weighted by atomic mass is 9.77. The molecule has 1 aliphatic carbocycles. The van der Waals surface area contributed by atoms with Gasteiger partial charge in [-0.2, -0.15) is 0 Å². The number of halogens is 2.